The van der Waals surface area contributed by atoms with E-state index in [1.54, 1.807) is 31.2 Å². The Labute approximate surface area is 200 Å². The molecule has 1 heterocycles. The molecule has 0 fully saturated rings. The number of carbonyl (C=O) groups excluding carboxylic acids is 1. The quantitative estimate of drug-likeness (QED) is 0.251. The molecule has 3 rings (SSSR count). The summed E-state index contributed by atoms with van der Waals surface area (Å²) in [4.78, 5) is 25.3. The minimum atomic E-state index is -3.93. The van der Waals surface area contributed by atoms with Crippen LogP contribution in [0.5, 0.6) is 5.75 Å². The first-order valence-electron chi connectivity index (χ1n) is 11.5. The van der Waals surface area contributed by atoms with E-state index in [0.29, 0.717) is 30.2 Å². The zero-order chi connectivity index (χ0) is 24.9. The van der Waals surface area contributed by atoms with Gasteiger partial charge in [-0.15, -0.1) is 0 Å². The highest BCUT2D eigenvalue weighted by molar-refractivity contribution is 7.89. The molecule has 0 radical (unpaired) electrons. The zero-order valence-corrected chi connectivity index (χ0v) is 20.8. The summed E-state index contributed by atoms with van der Waals surface area (Å²) < 4.78 is 39.6. The summed E-state index contributed by atoms with van der Waals surface area (Å²) in [5.41, 5.74) is 2.27. The van der Waals surface area contributed by atoms with Crippen LogP contribution in [0.3, 0.4) is 0 Å². The van der Waals surface area contributed by atoms with E-state index in [0.717, 1.165) is 29.5 Å². The molecule has 0 saturated heterocycles. The predicted molar refractivity (Wildman–Crippen MR) is 132 cm³/mol. The topological polar surface area (TPSA) is 103 Å². The second kappa shape index (κ2) is 11.0. The lowest BCUT2D eigenvalue weighted by Gasteiger charge is -2.19. The molecule has 182 valence electrons. The van der Waals surface area contributed by atoms with E-state index in [4.69, 9.17) is 9.15 Å². The van der Waals surface area contributed by atoms with Crippen LogP contribution < -0.4 is 15.1 Å². The third-order valence-electron chi connectivity index (χ3n) is 5.52. The molecule has 1 unspecified atom stereocenters. The van der Waals surface area contributed by atoms with Crippen LogP contribution in [0.1, 0.15) is 56.2 Å². The fourth-order valence-corrected chi connectivity index (χ4v) is 5.02. The summed E-state index contributed by atoms with van der Waals surface area (Å²) >= 11 is 0. The number of rotatable bonds is 10. The van der Waals surface area contributed by atoms with Crippen molar-refractivity contribution in [3.05, 3.63) is 69.6 Å². The number of hydrogen-bond donors (Lipinski definition) is 1. The number of sulfonamides is 1. The lowest BCUT2D eigenvalue weighted by molar-refractivity contribution is -0.136. The van der Waals surface area contributed by atoms with E-state index in [-0.39, 0.29) is 10.6 Å². The standard InChI is InChI=1S/C26H31NO6S/c1-5-7-9-21(27-34(30,31)20-12-10-17(3)11-13-20)26(29)33-23-15-18(4)14-22-25(23)19(8-6-2)16-24(28)32-22/h10-16,21,27H,5-9H2,1-4H3. The highest BCUT2D eigenvalue weighted by Gasteiger charge is 2.28. The molecular weight excluding hydrogens is 454 g/mol. The molecule has 0 amide bonds. The van der Waals surface area contributed by atoms with E-state index in [9.17, 15) is 18.0 Å². The fourth-order valence-electron chi connectivity index (χ4n) is 3.80. The van der Waals surface area contributed by atoms with Crippen molar-refractivity contribution in [2.45, 2.75) is 70.7 Å². The molecule has 1 N–H and O–H groups in total. The highest BCUT2D eigenvalue weighted by Crippen LogP contribution is 2.31. The second-order valence-corrected chi connectivity index (χ2v) is 10.2. The molecule has 0 aliphatic rings. The van der Waals surface area contributed by atoms with Gasteiger partial charge in [0.05, 0.1) is 10.3 Å². The van der Waals surface area contributed by atoms with Crippen molar-refractivity contribution in [2.75, 3.05) is 0 Å². The van der Waals surface area contributed by atoms with Gasteiger partial charge in [0.25, 0.3) is 0 Å². The molecule has 0 aliphatic carbocycles. The average Bonchev–Trinajstić information content (AvgIpc) is 2.76. The van der Waals surface area contributed by atoms with Crippen LogP contribution in [-0.2, 0) is 21.2 Å². The Morgan fingerprint density at radius 2 is 1.74 bits per heavy atom. The summed E-state index contributed by atoms with van der Waals surface area (Å²) in [7, 11) is -3.93. The minimum absolute atomic E-state index is 0.0837. The van der Waals surface area contributed by atoms with Gasteiger partial charge in [-0.05, 0) is 62.1 Å². The third-order valence-corrected chi connectivity index (χ3v) is 7.01. The van der Waals surface area contributed by atoms with Crippen LogP contribution in [0.2, 0.25) is 0 Å². The molecule has 0 bridgehead atoms. The maximum Gasteiger partial charge on any atom is 0.336 e. The van der Waals surface area contributed by atoms with E-state index >= 15 is 0 Å². The summed E-state index contributed by atoms with van der Waals surface area (Å²) in [6.45, 7) is 7.62. The molecule has 0 aliphatic heterocycles. The molecule has 1 aromatic heterocycles. The molecule has 2 aromatic carbocycles. The summed E-state index contributed by atoms with van der Waals surface area (Å²) in [6, 6.07) is 10.2. The van der Waals surface area contributed by atoms with E-state index in [1.165, 1.54) is 18.2 Å². The van der Waals surface area contributed by atoms with Crippen LogP contribution in [-0.4, -0.2) is 20.4 Å². The van der Waals surface area contributed by atoms with Crippen LogP contribution >= 0.6 is 0 Å². The van der Waals surface area contributed by atoms with Crippen molar-refractivity contribution < 1.29 is 22.4 Å². The van der Waals surface area contributed by atoms with Crippen LogP contribution in [0.4, 0.5) is 0 Å². The first-order chi connectivity index (χ1) is 16.1. The SMILES string of the molecule is CCCCC(NS(=O)(=O)c1ccc(C)cc1)C(=O)Oc1cc(C)cc2oc(=O)cc(CCC)c12. The molecule has 0 saturated carbocycles. The first kappa shape index (κ1) is 25.6. The van der Waals surface area contributed by atoms with Gasteiger partial charge in [-0.3, -0.25) is 0 Å². The van der Waals surface area contributed by atoms with Gasteiger partial charge in [0.2, 0.25) is 10.0 Å². The van der Waals surface area contributed by atoms with Crippen LogP contribution in [0.25, 0.3) is 11.0 Å². The summed E-state index contributed by atoms with van der Waals surface area (Å²) in [5, 5.41) is 0.552. The van der Waals surface area contributed by atoms with Crippen molar-refractivity contribution in [1.82, 2.24) is 4.72 Å². The summed E-state index contributed by atoms with van der Waals surface area (Å²) in [6.07, 6.45) is 3.11. The molecular formula is C26H31NO6S. The Kier molecular flexibility index (Phi) is 8.28. The van der Waals surface area contributed by atoms with E-state index in [2.05, 4.69) is 4.72 Å². The summed E-state index contributed by atoms with van der Waals surface area (Å²) in [5.74, 6) is -0.451. The van der Waals surface area contributed by atoms with Crippen LogP contribution in [0.15, 0.2) is 56.6 Å². The molecule has 34 heavy (non-hydrogen) atoms. The van der Waals surface area contributed by atoms with Gasteiger partial charge in [0.15, 0.2) is 0 Å². The van der Waals surface area contributed by atoms with Crippen molar-refractivity contribution in [1.29, 1.82) is 0 Å². The maximum absolute atomic E-state index is 13.2. The minimum Gasteiger partial charge on any atom is -0.425 e. The highest BCUT2D eigenvalue weighted by atomic mass is 32.2. The predicted octanol–water partition coefficient (Wildman–Crippen LogP) is 4.81. The van der Waals surface area contributed by atoms with Gasteiger partial charge < -0.3 is 9.15 Å². The van der Waals surface area contributed by atoms with Crippen molar-refractivity contribution in [2.24, 2.45) is 0 Å². The van der Waals surface area contributed by atoms with Gasteiger partial charge >= 0.3 is 11.6 Å². The molecule has 0 spiro atoms. The van der Waals surface area contributed by atoms with Crippen molar-refractivity contribution >= 4 is 27.0 Å². The Hall–Kier alpha value is -2.97. The molecule has 7 nitrogen and oxygen atoms in total. The monoisotopic (exact) mass is 485 g/mol. The Balaban J connectivity index is 1.97. The smallest absolute Gasteiger partial charge is 0.336 e. The van der Waals surface area contributed by atoms with Crippen LogP contribution in [0, 0.1) is 13.8 Å². The van der Waals surface area contributed by atoms with Gasteiger partial charge in [-0.1, -0.05) is 50.8 Å². The number of carbonyl (C=O) groups is 1. The number of ether oxygens (including phenoxy) is 1. The normalized spacial score (nSPS) is 12.6. The molecule has 3 aromatic rings. The van der Waals surface area contributed by atoms with E-state index < -0.39 is 27.7 Å². The van der Waals surface area contributed by atoms with Gasteiger partial charge in [-0.25, -0.2) is 18.0 Å². The largest absolute Gasteiger partial charge is 0.425 e. The number of aryl methyl sites for hydroxylation is 3. The number of nitrogens with one attached hydrogen (secondary N) is 1. The Morgan fingerprint density at radius 3 is 2.38 bits per heavy atom. The second-order valence-electron chi connectivity index (χ2n) is 8.53. The van der Waals surface area contributed by atoms with Crippen molar-refractivity contribution in [3.8, 4) is 5.75 Å². The fraction of sp³-hybridized carbons (Fsp3) is 0.385. The van der Waals surface area contributed by atoms with Gasteiger partial charge in [-0.2, -0.15) is 4.72 Å². The Morgan fingerprint density at radius 1 is 1.03 bits per heavy atom. The number of hydrogen-bond acceptors (Lipinski definition) is 6. The number of esters is 1. The maximum atomic E-state index is 13.2. The van der Waals surface area contributed by atoms with Crippen molar-refractivity contribution in [3.63, 3.8) is 0 Å². The first-order valence-corrected chi connectivity index (χ1v) is 13.0. The number of fused-ring (bicyclic) bond motifs is 1. The van der Waals surface area contributed by atoms with Gasteiger partial charge in [0, 0.05) is 6.07 Å². The third kappa shape index (κ3) is 6.12. The zero-order valence-electron chi connectivity index (χ0n) is 20.0. The average molecular weight is 486 g/mol. The molecule has 8 heteroatoms. The Bertz CT molecular complexity index is 1330. The number of unbranched alkanes of at least 4 members (excludes halogenated alkanes) is 1. The lowest BCUT2D eigenvalue weighted by atomic mass is 10.0. The molecule has 1 atom stereocenters. The van der Waals surface area contributed by atoms with Gasteiger partial charge in [0.1, 0.15) is 17.4 Å². The van der Waals surface area contributed by atoms with E-state index in [1.807, 2.05) is 20.8 Å². The lowest BCUT2D eigenvalue weighted by Crippen LogP contribution is -2.43. The number of benzene rings is 2.